The van der Waals surface area contributed by atoms with Crippen LogP contribution >= 0.6 is 0 Å². The lowest BCUT2D eigenvalue weighted by molar-refractivity contribution is 0.431. The van der Waals surface area contributed by atoms with Crippen LogP contribution in [0.4, 0.5) is 4.39 Å². The minimum atomic E-state index is -0.394. The SMILES string of the molecule is Cc1ncc(-c2nc(-c3ccccc3F)no2)cn1. The van der Waals surface area contributed by atoms with Crippen LogP contribution in [0.25, 0.3) is 22.8 Å². The minimum absolute atomic E-state index is 0.202. The van der Waals surface area contributed by atoms with Crippen LogP contribution in [0, 0.1) is 12.7 Å². The van der Waals surface area contributed by atoms with Crippen molar-refractivity contribution in [2.75, 3.05) is 0 Å². The molecule has 0 spiro atoms. The minimum Gasteiger partial charge on any atom is -0.333 e. The molecule has 0 radical (unpaired) electrons. The Kier molecular flexibility index (Phi) is 2.75. The van der Waals surface area contributed by atoms with E-state index >= 15 is 0 Å². The smallest absolute Gasteiger partial charge is 0.261 e. The maximum Gasteiger partial charge on any atom is 0.261 e. The van der Waals surface area contributed by atoms with Crippen molar-refractivity contribution in [3.05, 3.63) is 48.3 Å². The quantitative estimate of drug-likeness (QED) is 0.705. The van der Waals surface area contributed by atoms with Crippen molar-refractivity contribution in [2.24, 2.45) is 0 Å². The molecule has 3 aromatic rings. The molecule has 2 heterocycles. The van der Waals surface area contributed by atoms with Crippen LogP contribution in [0.1, 0.15) is 5.82 Å². The third-order valence-electron chi connectivity index (χ3n) is 2.57. The summed E-state index contributed by atoms with van der Waals surface area (Å²) in [6, 6.07) is 6.26. The molecular weight excluding hydrogens is 247 g/mol. The van der Waals surface area contributed by atoms with Gasteiger partial charge in [0, 0.05) is 12.4 Å². The molecule has 0 aliphatic carbocycles. The lowest BCUT2D eigenvalue weighted by Crippen LogP contribution is -1.88. The maximum absolute atomic E-state index is 13.6. The van der Waals surface area contributed by atoms with Gasteiger partial charge in [-0.15, -0.1) is 0 Å². The van der Waals surface area contributed by atoms with Crippen molar-refractivity contribution in [2.45, 2.75) is 6.92 Å². The first kappa shape index (κ1) is 11.5. The van der Waals surface area contributed by atoms with Gasteiger partial charge in [0.25, 0.3) is 5.89 Å². The Bertz CT molecular complexity index is 709. The summed E-state index contributed by atoms with van der Waals surface area (Å²) >= 11 is 0. The van der Waals surface area contributed by atoms with Crippen molar-refractivity contribution in [3.63, 3.8) is 0 Å². The Labute approximate surface area is 108 Å². The number of aromatic nitrogens is 4. The van der Waals surface area contributed by atoms with E-state index < -0.39 is 5.82 Å². The molecule has 0 saturated heterocycles. The summed E-state index contributed by atoms with van der Waals surface area (Å²) in [5, 5.41) is 3.76. The molecule has 0 aliphatic rings. The van der Waals surface area contributed by atoms with Crippen molar-refractivity contribution < 1.29 is 8.91 Å². The van der Waals surface area contributed by atoms with Crippen LogP contribution < -0.4 is 0 Å². The number of rotatable bonds is 2. The third kappa shape index (κ3) is 2.20. The summed E-state index contributed by atoms with van der Waals surface area (Å²) in [6.07, 6.45) is 3.17. The van der Waals surface area contributed by atoms with E-state index in [1.165, 1.54) is 6.07 Å². The first-order chi connectivity index (χ1) is 9.24. The Hall–Kier alpha value is -2.63. The molecule has 0 saturated carbocycles. The van der Waals surface area contributed by atoms with Gasteiger partial charge in [-0.2, -0.15) is 4.98 Å². The number of hydrogen-bond donors (Lipinski definition) is 0. The van der Waals surface area contributed by atoms with E-state index in [4.69, 9.17) is 4.52 Å². The van der Waals surface area contributed by atoms with Gasteiger partial charge in [0.05, 0.1) is 11.1 Å². The van der Waals surface area contributed by atoms with Crippen molar-refractivity contribution in [3.8, 4) is 22.8 Å². The first-order valence-corrected chi connectivity index (χ1v) is 5.61. The highest BCUT2D eigenvalue weighted by atomic mass is 19.1. The lowest BCUT2D eigenvalue weighted by atomic mass is 10.2. The number of benzene rings is 1. The van der Waals surface area contributed by atoms with Crippen LogP contribution in [0.5, 0.6) is 0 Å². The fourth-order valence-electron chi connectivity index (χ4n) is 1.60. The highest BCUT2D eigenvalue weighted by Crippen LogP contribution is 2.23. The van der Waals surface area contributed by atoms with Crippen LogP contribution in [0.2, 0.25) is 0 Å². The zero-order valence-electron chi connectivity index (χ0n) is 10.0. The largest absolute Gasteiger partial charge is 0.333 e. The van der Waals surface area contributed by atoms with Gasteiger partial charge in [0.2, 0.25) is 5.82 Å². The van der Waals surface area contributed by atoms with Gasteiger partial charge < -0.3 is 4.52 Å². The normalized spacial score (nSPS) is 10.6. The zero-order valence-corrected chi connectivity index (χ0v) is 10.0. The Morgan fingerprint density at radius 3 is 2.58 bits per heavy atom. The highest BCUT2D eigenvalue weighted by molar-refractivity contribution is 5.59. The molecule has 1 aromatic carbocycles. The van der Waals surface area contributed by atoms with Gasteiger partial charge >= 0.3 is 0 Å². The third-order valence-corrected chi connectivity index (χ3v) is 2.57. The molecule has 0 bridgehead atoms. The fraction of sp³-hybridized carbons (Fsp3) is 0.0769. The molecule has 2 aromatic heterocycles. The van der Waals surface area contributed by atoms with E-state index in [0.29, 0.717) is 17.0 Å². The average molecular weight is 256 g/mol. The zero-order chi connectivity index (χ0) is 13.2. The van der Waals surface area contributed by atoms with Crippen LogP contribution in [-0.2, 0) is 0 Å². The van der Waals surface area contributed by atoms with E-state index in [1.807, 2.05) is 0 Å². The summed E-state index contributed by atoms with van der Waals surface area (Å²) < 4.78 is 18.7. The fourth-order valence-corrected chi connectivity index (χ4v) is 1.60. The summed E-state index contributed by atoms with van der Waals surface area (Å²) in [7, 11) is 0. The van der Waals surface area contributed by atoms with Crippen molar-refractivity contribution >= 4 is 0 Å². The highest BCUT2D eigenvalue weighted by Gasteiger charge is 2.13. The van der Waals surface area contributed by atoms with Crippen molar-refractivity contribution in [1.82, 2.24) is 20.1 Å². The van der Waals surface area contributed by atoms with Crippen LogP contribution in [0.15, 0.2) is 41.2 Å². The molecule has 0 N–H and O–H groups in total. The second kappa shape index (κ2) is 4.56. The summed E-state index contributed by atoms with van der Waals surface area (Å²) in [5.74, 6) is 0.722. The molecule has 6 heteroatoms. The molecule has 94 valence electrons. The van der Waals surface area contributed by atoms with Crippen LogP contribution in [0.3, 0.4) is 0 Å². The van der Waals surface area contributed by atoms with Gasteiger partial charge in [-0.25, -0.2) is 14.4 Å². The Morgan fingerprint density at radius 1 is 1.11 bits per heavy atom. The van der Waals surface area contributed by atoms with E-state index in [9.17, 15) is 4.39 Å². The predicted molar refractivity (Wildman–Crippen MR) is 65.5 cm³/mol. The predicted octanol–water partition coefficient (Wildman–Crippen LogP) is 2.64. The number of hydrogen-bond acceptors (Lipinski definition) is 5. The molecule has 0 fully saturated rings. The first-order valence-electron chi connectivity index (χ1n) is 5.61. The molecular formula is C13H9FN4O. The van der Waals surface area contributed by atoms with E-state index in [0.717, 1.165) is 0 Å². The molecule has 0 unspecified atom stereocenters. The summed E-state index contributed by atoms with van der Waals surface area (Å²) in [5.41, 5.74) is 0.895. The maximum atomic E-state index is 13.6. The van der Waals surface area contributed by atoms with Gasteiger partial charge in [-0.1, -0.05) is 17.3 Å². The monoisotopic (exact) mass is 256 g/mol. The Balaban J connectivity index is 2.00. The molecule has 19 heavy (non-hydrogen) atoms. The molecule has 3 rings (SSSR count). The summed E-state index contributed by atoms with van der Waals surface area (Å²) in [6.45, 7) is 1.78. The Morgan fingerprint density at radius 2 is 1.84 bits per heavy atom. The number of halogens is 1. The standard InChI is InChI=1S/C13H9FN4O/c1-8-15-6-9(7-16-8)13-17-12(18-19-13)10-4-2-3-5-11(10)14/h2-7H,1H3. The number of nitrogens with zero attached hydrogens (tertiary/aromatic N) is 4. The number of aryl methyl sites for hydroxylation is 1. The molecule has 0 amide bonds. The second-order valence-corrected chi connectivity index (χ2v) is 3.92. The van der Waals surface area contributed by atoms with Gasteiger partial charge in [-0.05, 0) is 19.1 Å². The van der Waals surface area contributed by atoms with Crippen LogP contribution in [-0.4, -0.2) is 20.1 Å². The van der Waals surface area contributed by atoms with E-state index in [-0.39, 0.29) is 11.7 Å². The topological polar surface area (TPSA) is 64.7 Å². The van der Waals surface area contributed by atoms with E-state index in [1.54, 1.807) is 37.5 Å². The van der Waals surface area contributed by atoms with Crippen molar-refractivity contribution in [1.29, 1.82) is 0 Å². The summed E-state index contributed by atoms with van der Waals surface area (Å²) in [4.78, 5) is 12.2. The lowest BCUT2D eigenvalue weighted by Gasteiger charge is -1.95. The van der Waals surface area contributed by atoms with Gasteiger partial charge in [0.1, 0.15) is 11.6 Å². The van der Waals surface area contributed by atoms with E-state index in [2.05, 4.69) is 20.1 Å². The molecule has 0 atom stereocenters. The second-order valence-electron chi connectivity index (χ2n) is 3.92. The molecule has 5 nitrogen and oxygen atoms in total. The van der Waals surface area contributed by atoms with Gasteiger partial charge in [-0.3, -0.25) is 0 Å². The van der Waals surface area contributed by atoms with Gasteiger partial charge in [0.15, 0.2) is 0 Å². The molecule has 0 aliphatic heterocycles. The average Bonchev–Trinajstić information content (AvgIpc) is 2.89.